The van der Waals surface area contributed by atoms with E-state index in [1.165, 1.54) is 128 Å². The molecule has 0 fully saturated rings. The SMILES string of the molecule is CC.CC.CCCCCC(CCCCC)CCCOC(=O)CCCCCCCN(CCO)CCCCCCCC(=O)OCCCC(CCCCC)CCCCC. The third kappa shape index (κ3) is 45.6. The van der Waals surface area contributed by atoms with Crippen LogP contribution in [0, 0.1) is 11.8 Å². The zero-order valence-electron chi connectivity index (χ0n) is 39.6. The van der Waals surface area contributed by atoms with E-state index >= 15 is 0 Å². The molecule has 0 aromatic rings. The van der Waals surface area contributed by atoms with Gasteiger partial charge >= 0.3 is 11.9 Å². The number of aliphatic hydroxyl groups is 1. The molecule has 0 aliphatic heterocycles. The monoisotopic (exact) mass is 798 g/mol. The van der Waals surface area contributed by atoms with E-state index in [-0.39, 0.29) is 18.5 Å². The number of carbonyl (C=O) groups is 2. The first-order chi connectivity index (χ1) is 27.5. The molecule has 56 heavy (non-hydrogen) atoms. The Labute approximate surface area is 352 Å². The Morgan fingerprint density at radius 2 is 0.714 bits per heavy atom. The van der Waals surface area contributed by atoms with Crippen LogP contribution in [0.3, 0.4) is 0 Å². The van der Waals surface area contributed by atoms with Crippen LogP contribution >= 0.6 is 0 Å². The van der Waals surface area contributed by atoms with Gasteiger partial charge in [-0.15, -0.1) is 0 Å². The number of unbranched alkanes of at least 4 members (excludes halogenated alkanes) is 16. The number of hydrogen-bond donors (Lipinski definition) is 1. The zero-order chi connectivity index (χ0) is 42.2. The summed E-state index contributed by atoms with van der Waals surface area (Å²) in [5, 5.41) is 9.54. The molecule has 0 aromatic carbocycles. The van der Waals surface area contributed by atoms with Gasteiger partial charge in [-0.2, -0.15) is 0 Å². The minimum atomic E-state index is -0.0209. The largest absolute Gasteiger partial charge is 0.466 e. The van der Waals surface area contributed by atoms with Crippen LogP contribution in [-0.4, -0.2) is 61.4 Å². The highest BCUT2D eigenvalue weighted by molar-refractivity contribution is 5.69. The van der Waals surface area contributed by atoms with Crippen molar-refractivity contribution in [3.05, 3.63) is 0 Å². The van der Waals surface area contributed by atoms with Crippen LogP contribution in [0.4, 0.5) is 0 Å². The van der Waals surface area contributed by atoms with Crippen molar-refractivity contribution in [1.82, 2.24) is 4.90 Å². The third-order valence-corrected chi connectivity index (χ3v) is 11.0. The van der Waals surface area contributed by atoms with Gasteiger partial charge in [-0.25, -0.2) is 0 Å². The molecule has 0 radical (unpaired) electrons. The highest BCUT2D eigenvalue weighted by atomic mass is 16.5. The molecule has 0 saturated carbocycles. The fourth-order valence-corrected chi connectivity index (χ4v) is 7.61. The second kappa shape index (κ2) is 51.9. The molecule has 0 unspecified atom stereocenters. The highest BCUT2D eigenvalue weighted by Crippen LogP contribution is 2.24. The van der Waals surface area contributed by atoms with Crippen molar-refractivity contribution in [3.63, 3.8) is 0 Å². The number of aliphatic hydroxyl groups excluding tert-OH is 1. The Hall–Kier alpha value is -1.14. The van der Waals surface area contributed by atoms with Crippen molar-refractivity contribution in [2.45, 2.75) is 261 Å². The van der Waals surface area contributed by atoms with Gasteiger partial charge in [0.15, 0.2) is 0 Å². The summed E-state index contributed by atoms with van der Waals surface area (Å²) in [7, 11) is 0. The standard InChI is InChI=1S/C46H91NO5.2C2H6/c1-5-9-19-29-43(30-20-10-6-2)33-27-41-51-45(49)35-23-15-13-17-25-37-47(39-40-48)38-26-18-14-16-24-36-46(50)52-42-28-34-44(31-21-11-7-3)32-22-12-8-4;2*1-2/h43-44,48H,5-42H2,1-4H3;2*1-2H3. The number of carbonyl (C=O) groups excluding carboxylic acids is 2. The van der Waals surface area contributed by atoms with Gasteiger partial charge in [-0.3, -0.25) is 9.59 Å². The summed E-state index contributed by atoms with van der Waals surface area (Å²) in [4.78, 5) is 26.9. The maximum Gasteiger partial charge on any atom is 0.305 e. The molecular formula is C50H103NO5. The summed E-state index contributed by atoms with van der Waals surface area (Å²) < 4.78 is 11.1. The van der Waals surface area contributed by atoms with E-state index in [0.717, 1.165) is 95.7 Å². The maximum absolute atomic E-state index is 12.2. The van der Waals surface area contributed by atoms with Crippen LogP contribution in [0.2, 0.25) is 0 Å². The van der Waals surface area contributed by atoms with E-state index < -0.39 is 0 Å². The minimum absolute atomic E-state index is 0.0209. The number of esters is 2. The number of rotatable bonds is 42. The predicted octanol–water partition coefficient (Wildman–Crippen LogP) is 15.2. The smallest absolute Gasteiger partial charge is 0.305 e. The van der Waals surface area contributed by atoms with Crippen LogP contribution < -0.4 is 0 Å². The summed E-state index contributed by atoms with van der Waals surface area (Å²) in [6.07, 6.45) is 37.6. The molecule has 0 spiro atoms. The van der Waals surface area contributed by atoms with Crippen molar-refractivity contribution in [2.24, 2.45) is 11.8 Å². The van der Waals surface area contributed by atoms with Gasteiger partial charge in [0.05, 0.1) is 19.8 Å². The Kier molecular flexibility index (Phi) is 54.8. The molecule has 6 nitrogen and oxygen atoms in total. The molecule has 338 valence electrons. The molecule has 0 aromatic heterocycles. The van der Waals surface area contributed by atoms with Crippen molar-refractivity contribution in [1.29, 1.82) is 0 Å². The second-order valence-electron chi connectivity index (χ2n) is 16.0. The maximum atomic E-state index is 12.2. The van der Waals surface area contributed by atoms with Crippen molar-refractivity contribution >= 4 is 11.9 Å². The van der Waals surface area contributed by atoms with Gasteiger partial charge < -0.3 is 19.5 Å². The average Bonchev–Trinajstić information content (AvgIpc) is 3.21. The Balaban J connectivity index is -0.00000678. The normalized spacial score (nSPS) is 11.1. The van der Waals surface area contributed by atoms with E-state index in [1.54, 1.807) is 0 Å². The van der Waals surface area contributed by atoms with E-state index in [4.69, 9.17) is 9.47 Å². The van der Waals surface area contributed by atoms with E-state index in [9.17, 15) is 14.7 Å². The van der Waals surface area contributed by atoms with Gasteiger partial charge in [0, 0.05) is 19.4 Å². The summed E-state index contributed by atoms with van der Waals surface area (Å²) in [5.74, 6) is 1.56. The average molecular weight is 798 g/mol. The molecule has 0 amide bonds. The fraction of sp³-hybridized carbons (Fsp3) is 0.960. The third-order valence-electron chi connectivity index (χ3n) is 11.0. The highest BCUT2D eigenvalue weighted by Gasteiger charge is 2.12. The van der Waals surface area contributed by atoms with Gasteiger partial charge in [0.2, 0.25) is 0 Å². The lowest BCUT2D eigenvalue weighted by Gasteiger charge is -2.21. The molecule has 1 N–H and O–H groups in total. The molecule has 0 atom stereocenters. The van der Waals surface area contributed by atoms with Gasteiger partial charge in [0.1, 0.15) is 0 Å². The lowest BCUT2D eigenvalue weighted by Crippen LogP contribution is -2.29. The molecule has 0 heterocycles. The van der Waals surface area contributed by atoms with Crippen LogP contribution in [0.15, 0.2) is 0 Å². The van der Waals surface area contributed by atoms with Crippen molar-refractivity contribution in [2.75, 3.05) is 39.5 Å². The van der Waals surface area contributed by atoms with Gasteiger partial charge in [0.25, 0.3) is 0 Å². The van der Waals surface area contributed by atoms with Crippen LogP contribution in [0.5, 0.6) is 0 Å². The molecule has 0 rings (SSSR count). The lowest BCUT2D eigenvalue weighted by molar-refractivity contribution is -0.144. The molecule has 0 saturated heterocycles. The van der Waals surface area contributed by atoms with Gasteiger partial charge in [-0.1, -0.05) is 197 Å². The first kappa shape index (κ1) is 59.2. The van der Waals surface area contributed by atoms with E-state index in [2.05, 4.69) is 32.6 Å². The first-order valence-electron chi connectivity index (χ1n) is 25.1. The summed E-state index contributed by atoms with van der Waals surface area (Å²) in [5.41, 5.74) is 0. The lowest BCUT2D eigenvalue weighted by atomic mass is 9.91. The fourth-order valence-electron chi connectivity index (χ4n) is 7.61. The van der Waals surface area contributed by atoms with Crippen molar-refractivity contribution in [3.8, 4) is 0 Å². The van der Waals surface area contributed by atoms with Crippen molar-refractivity contribution < 1.29 is 24.2 Å². The molecule has 6 heteroatoms. The predicted molar refractivity (Wildman–Crippen MR) is 246 cm³/mol. The Morgan fingerprint density at radius 3 is 1.04 bits per heavy atom. The summed E-state index contributed by atoms with van der Waals surface area (Å²) >= 11 is 0. The summed E-state index contributed by atoms with van der Waals surface area (Å²) in [6.45, 7) is 21.3. The first-order valence-corrected chi connectivity index (χ1v) is 25.1. The quantitative estimate of drug-likeness (QED) is 0.0490. The van der Waals surface area contributed by atoms with Crippen LogP contribution in [0.1, 0.15) is 261 Å². The Bertz CT molecular complexity index is 669. The second-order valence-corrected chi connectivity index (χ2v) is 16.0. The Morgan fingerprint density at radius 1 is 0.411 bits per heavy atom. The molecule has 0 aliphatic rings. The topological polar surface area (TPSA) is 76.1 Å². The summed E-state index contributed by atoms with van der Waals surface area (Å²) in [6, 6.07) is 0. The zero-order valence-corrected chi connectivity index (χ0v) is 39.6. The van der Waals surface area contributed by atoms with Crippen LogP contribution in [0.25, 0.3) is 0 Å². The van der Waals surface area contributed by atoms with E-state index in [0.29, 0.717) is 26.1 Å². The molecule has 0 bridgehead atoms. The van der Waals surface area contributed by atoms with E-state index in [1.807, 2.05) is 27.7 Å². The number of nitrogens with zero attached hydrogens (tertiary/aromatic N) is 1. The number of hydrogen-bond acceptors (Lipinski definition) is 6. The molecule has 0 aliphatic carbocycles. The molecular weight excluding hydrogens is 695 g/mol. The van der Waals surface area contributed by atoms with Gasteiger partial charge in [-0.05, 0) is 76.3 Å². The number of ether oxygens (including phenoxy) is 2. The van der Waals surface area contributed by atoms with Crippen LogP contribution in [-0.2, 0) is 19.1 Å². The minimum Gasteiger partial charge on any atom is -0.466 e.